The van der Waals surface area contributed by atoms with Crippen LogP contribution in [0.1, 0.15) is 54.4 Å². The summed E-state index contributed by atoms with van der Waals surface area (Å²) in [6, 6.07) is 0.780. The Kier molecular flexibility index (Phi) is 12.0. The summed E-state index contributed by atoms with van der Waals surface area (Å²) in [6.07, 6.45) is 0.574. The van der Waals surface area contributed by atoms with Gasteiger partial charge in [-0.15, -0.1) is 0 Å². The molecule has 172 valence electrons. The molecule has 1 aliphatic rings. The number of ether oxygens (including phenoxy) is 1. The first-order valence-electron chi connectivity index (χ1n) is 11.1. The molecule has 0 radical (unpaired) electrons. The van der Waals surface area contributed by atoms with Gasteiger partial charge in [0.15, 0.2) is 0 Å². The first kappa shape index (κ1) is 26.9. The van der Waals surface area contributed by atoms with Gasteiger partial charge in [0.2, 0.25) is 0 Å². The van der Waals surface area contributed by atoms with Crippen LogP contribution in [0.4, 0.5) is 0 Å². The van der Waals surface area contributed by atoms with E-state index in [2.05, 4.69) is 61.2 Å². The molecule has 0 aromatic heterocycles. The van der Waals surface area contributed by atoms with Gasteiger partial charge in [-0.2, -0.15) is 0 Å². The first-order chi connectivity index (χ1) is 14.1. The summed E-state index contributed by atoms with van der Waals surface area (Å²) in [4.78, 5) is 4.62. The predicted molar refractivity (Wildman–Crippen MR) is 121 cm³/mol. The van der Waals surface area contributed by atoms with Gasteiger partial charge in [0, 0.05) is 24.5 Å². The van der Waals surface area contributed by atoms with E-state index in [-0.39, 0.29) is 25.9 Å². The van der Waals surface area contributed by atoms with Crippen molar-refractivity contribution in [3.05, 3.63) is 0 Å². The van der Waals surface area contributed by atoms with Gasteiger partial charge < -0.3 is 25.0 Å². The molecule has 2 unspecified atom stereocenters. The summed E-state index contributed by atoms with van der Waals surface area (Å²) in [6.45, 7) is 15.0. The van der Waals surface area contributed by atoms with Crippen LogP contribution in [0.3, 0.4) is 0 Å². The number of piperidine rings is 1. The third-order valence-electron chi connectivity index (χ3n) is 5.55. The molecule has 0 amide bonds. The van der Waals surface area contributed by atoms with E-state index in [1.165, 1.54) is 0 Å². The fourth-order valence-corrected chi connectivity index (χ4v) is 3.71. The lowest BCUT2D eigenvalue weighted by Crippen LogP contribution is -2.51. The quantitative estimate of drug-likeness (QED) is 0.461. The van der Waals surface area contributed by atoms with Gasteiger partial charge in [-0.1, -0.05) is 11.8 Å². The Hall–Kier alpha value is -1.12. The molecular weight excluding hydrogens is 380 g/mol. The molecule has 0 saturated carbocycles. The van der Waals surface area contributed by atoms with Crippen molar-refractivity contribution in [1.29, 1.82) is 0 Å². The molecule has 1 fully saturated rings. The van der Waals surface area contributed by atoms with Crippen molar-refractivity contribution in [1.82, 2.24) is 9.80 Å². The largest absolute Gasteiger partial charge is 0.394 e. The zero-order valence-corrected chi connectivity index (χ0v) is 19.7. The van der Waals surface area contributed by atoms with Gasteiger partial charge in [0.1, 0.15) is 6.10 Å². The van der Waals surface area contributed by atoms with Gasteiger partial charge in [-0.05, 0) is 79.3 Å². The second-order valence-electron chi connectivity index (χ2n) is 9.26. The summed E-state index contributed by atoms with van der Waals surface area (Å²) in [7, 11) is 0. The molecule has 0 bridgehead atoms. The summed E-state index contributed by atoms with van der Waals surface area (Å²) in [5, 5.41) is 28.5. The van der Waals surface area contributed by atoms with Crippen LogP contribution in [0.15, 0.2) is 0 Å². The van der Waals surface area contributed by atoms with Gasteiger partial charge in [-0.3, -0.25) is 4.90 Å². The van der Waals surface area contributed by atoms with Crippen molar-refractivity contribution in [3.8, 4) is 23.7 Å². The number of nitrogens with zero attached hydrogens (tertiary/aromatic N) is 2. The lowest BCUT2D eigenvalue weighted by molar-refractivity contribution is -0.0398. The Balaban J connectivity index is 2.61. The fraction of sp³-hybridized carbons (Fsp3) is 0.833. The van der Waals surface area contributed by atoms with Crippen LogP contribution in [0.25, 0.3) is 0 Å². The van der Waals surface area contributed by atoms with E-state index >= 15 is 0 Å². The van der Waals surface area contributed by atoms with Crippen molar-refractivity contribution in [2.75, 3.05) is 39.5 Å². The molecule has 0 aromatic rings. The molecule has 1 aliphatic heterocycles. The second-order valence-corrected chi connectivity index (χ2v) is 9.26. The number of hydrogen-bond donors (Lipinski definition) is 3. The molecule has 0 spiro atoms. The van der Waals surface area contributed by atoms with E-state index in [9.17, 15) is 10.2 Å². The van der Waals surface area contributed by atoms with Crippen molar-refractivity contribution in [2.24, 2.45) is 5.92 Å². The third kappa shape index (κ3) is 9.79. The Morgan fingerprint density at radius 2 is 1.63 bits per heavy atom. The Morgan fingerprint density at radius 3 is 2.17 bits per heavy atom. The van der Waals surface area contributed by atoms with Gasteiger partial charge >= 0.3 is 0 Å². The molecule has 6 nitrogen and oxygen atoms in total. The Labute approximate surface area is 183 Å². The minimum absolute atomic E-state index is 0.00409. The van der Waals surface area contributed by atoms with E-state index in [4.69, 9.17) is 9.84 Å². The maximum absolute atomic E-state index is 10.3. The smallest absolute Gasteiger partial charge is 0.100 e. The highest BCUT2D eigenvalue weighted by molar-refractivity contribution is 5.31. The molecule has 6 heteroatoms. The highest BCUT2D eigenvalue weighted by Gasteiger charge is 2.29. The maximum Gasteiger partial charge on any atom is 0.100 e. The lowest BCUT2D eigenvalue weighted by atomic mass is 9.96. The zero-order valence-electron chi connectivity index (χ0n) is 19.7. The van der Waals surface area contributed by atoms with Crippen LogP contribution in [-0.4, -0.2) is 94.4 Å². The topological polar surface area (TPSA) is 76.4 Å². The van der Waals surface area contributed by atoms with E-state index in [1.807, 2.05) is 13.8 Å². The SMILES string of the molecule is CC(C)N1CCC(C#CC#CC(C)(C)N(CC(O)COCC(O)CO)C(C)C)CC1. The zero-order chi connectivity index (χ0) is 22.7. The molecule has 30 heavy (non-hydrogen) atoms. The molecule has 0 aromatic carbocycles. The standard InChI is InChI=1S/C24H42N2O4/c1-19(2)25-13-10-21(11-14-25)9-7-8-12-24(5,6)26(20(3)4)15-22(28)17-30-18-23(29)16-27/h19-23,27-29H,10-11,13-18H2,1-6H3. The molecule has 2 atom stereocenters. The van der Waals surface area contributed by atoms with Crippen LogP contribution < -0.4 is 0 Å². The highest BCUT2D eigenvalue weighted by atomic mass is 16.5. The normalized spacial score (nSPS) is 18.1. The Morgan fingerprint density at radius 1 is 1.03 bits per heavy atom. The van der Waals surface area contributed by atoms with Crippen molar-refractivity contribution >= 4 is 0 Å². The fourth-order valence-electron chi connectivity index (χ4n) is 3.71. The summed E-state index contributed by atoms with van der Waals surface area (Å²) in [5.74, 6) is 13.1. The van der Waals surface area contributed by atoms with E-state index in [0.717, 1.165) is 25.9 Å². The van der Waals surface area contributed by atoms with Crippen molar-refractivity contribution in [2.45, 2.75) is 84.2 Å². The van der Waals surface area contributed by atoms with E-state index < -0.39 is 17.7 Å². The average Bonchev–Trinajstić information content (AvgIpc) is 2.69. The van der Waals surface area contributed by atoms with Crippen molar-refractivity contribution < 1.29 is 20.1 Å². The maximum atomic E-state index is 10.3. The van der Waals surface area contributed by atoms with E-state index in [1.54, 1.807) is 0 Å². The molecule has 1 saturated heterocycles. The number of aliphatic hydroxyl groups is 3. The van der Waals surface area contributed by atoms with Gasteiger partial charge in [-0.25, -0.2) is 0 Å². The molecule has 3 N–H and O–H groups in total. The number of β-amino-alcohol motifs (C(OH)–C–C–N with tert-alkyl or cyclic N) is 1. The number of likely N-dealkylation sites (tertiary alicyclic amines) is 1. The van der Waals surface area contributed by atoms with Crippen LogP contribution in [0.5, 0.6) is 0 Å². The molecular formula is C24H42N2O4. The summed E-state index contributed by atoms with van der Waals surface area (Å²) >= 11 is 0. The van der Waals surface area contributed by atoms with Crippen molar-refractivity contribution in [3.63, 3.8) is 0 Å². The first-order valence-corrected chi connectivity index (χ1v) is 11.1. The number of aliphatic hydroxyl groups excluding tert-OH is 3. The van der Waals surface area contributed by atoms with Gasteiger partial charge in [0.25, 0.3) is 0 Å². The van der Waals surface area contributed by atoms with Crippen LogP contribution in [0.2, 0.25) is 0 Å². The van der Waals surface area contributed by atoms with Crippen LogP contribution >= 0.6 is 0 Å². The Bertz CT molecular complexity index is 604. The number of rotatable bonds is 10. The van der Waals surface area contributed by atoms with Crippen LogP contribution in [-0.2, 0) is 4.74 Å². The molecule has 0 aliphatic carbocycles. The van der Waals surface area contributed by atoms with E-state index in [0.29, 0.717) is 18.5 Å². The highest BCUT2D eigenvalue weighted by Crippen LogP contribution is 2.19. The molecule has 1 rings (SSSR count). The predicted octanol–water partition coefficient (Wildman–Crippen LogP) is 1.33. The lowest BCUT2D eigenvalue weighted by Gasteiger charge is -2.39. The minimum atomic E-state index is -0.920. The third-order valence-corrected chi connectivity index (χ3v) is 5.55. The average molecular weight is 423 g/mol. The summed E-state index contributed by atoms with van der Waals surface area (Å²) in [5.41, 5.74) is -0.449. The monoisotopic (exact) mass is 422 g/mol. The van der Waals surface area contributed by atoms with Crippen LogP contribution in [0, 0.1) is 29.6 Å². The minimum Gasteiger partial charge on any atom is -0.394 e. The van der Waals surface area contributed by atoms with Gasteiger partial charge in [0.05, 0.1) is 31.5 Å². The molecule has 1 heterocycles. The summed E-state index contributed by atoms with van der Waals surface area (Å²) < 4.78 is 5.28. The number of hydrogen-bond acceptors (Lipinski definition) is 6. The second kappa shape index (κ2) is 13.3.